The van der Waals surface area contributed by atoms with Crippen LogP contribution in [-0.4, -0.2) is 11.9 Å². The highest BCUT2D eigenvalue weighted by molar-refractivity contribution is 7.80. The summed E-state index contributed by atoms with van der Waals surface area (Å²) < 4.78 is 5.27. The largest absolute Gasteiger partial charge is 0.469 e. The summed E-state index contributed by atoms with van der Waals surface area (Å²) in [7, 11) is 0. The zero-order chi connectivity index (χ0) is 13.7. The molecule has 0 saturated heterocycles. The third-order valence-corrected chi connectivity index (χ3v) is 3.17. The van der Waals surface area contributed by atoms with Crippen LogP contribution in [0.4, 0.5) is 0 Å². The lowest BCUT2D eigenvalue weighted by atomic mass is 10.1. The summed E-state index contributed by atoms with van der Waals surface area (Å²) in [5.41, 5.74) is 0.636. The van der Waals surface area contributed by atoms with Gasteiger partial charge in [-0.1, -0.05) is 6.07 Å². The number of benzene rings is 1. The third kappa shape index (κ3) is 4.17. The minimum Gasteiger partial charge on any atom is -0.469 e. The Balaban J connectivity index is 1.84. The number of hydrogen-bond donors (Lipinski definition) is 2. The fourth-order valence-corrected chi connectivity index (χ4v) is 2.07. The van der Waals surface area contributed by atoms with E-state index < -0.39 is 0 Å². The van der Waals surface area contributed by atoms with Crippen LogP contribution < -0.4 is 5.32 Å². The van der Waals surface area contributed by atoms with Crippen LogP contribution >= 0.6 is 12.6 Å². The summed E-state index contributed by atoms with van der Waals surface area (Å²) in [4.78, 5) is 12.8. The number of nitrogens with one attached hydrogen (secondary N) is 1. The number of furan rings is 1. The Hall–Kier alpha value is -1.68. The minimum absolute atomic E-state index is 0.0668. The fraction of sp³-hybridized carbons (Fsp3) is 0.267. The van der Waals surface area contributed by atoms with Gasteiger partial charge in [0.1, 0.15) is 5.76 Å². The van der Waals surface area contributed by atoms with Gasteiger partial charge in [0.2, 0.25) is 0 Å². The van der Waals surface area contributed by atoms with Gasteiger partial charge in [-0.05, 0) is 43.7 Å². The molecule has 3 nitrogen and oxygen atoms in total. The maximum atomic E-state index is 12.0. The molecule has 0 fully saturated rings. The van der Waals surface area contributed by atoms with E-state index in [4.69, 9.17) is 4.42 Å². The van der Waals surface area contributed by atoms with Crippen molar-refractivity contribution >= 4 is 18.5 Å². The van der Waals surface area contributed by atoms with Crippen molar-refractivity contribution in [2.24, 2.45) is 0 Å². The average molecular weight is 275 g/mol. The monoisotopic (exact) mass is 275 g/mol. The SMILES string of the molecule is CC(CCc1ccco1)NC(=O)c1cccc(S)c1. The summed E-state index contributed by atoms with van der Waals surface area (Å²) in [6, 6.07) is 11.1. The van der Waals surface area contributed by atoms with Crippen molar-refractivity contribution in [3.8, 4) is 0 Å². The maximum Gasteiger partial charge on any atom is 0.251 e. The second kappa shape index (κ2) is 6.48. The molecule has 1 heterocycles. The molecule has 0 aliphatic heterocycles. The fourth-order valence-electron chi connectivity index (χ4n) is 1.84. The highest BCUT2D eigenvalue weighted by atomic mass is 32.1. The van der Waals surface area contributed by atoms with Crippen LogP contribution in [0.5, 0.6) is 0 Å². The standard InChI is InChI=1S/C15H17NO2S/c1-11(7-8-13-5-3-9-18-13)16-15(17)12-4-2-6-14(19)10-12/h2-6,9-11,19H,7-8H2,1H3,(H,16,17). The molecule has 1 unspecified atom stereocenters. The van der Waals surface area contributed by atoms with Gasteiger partial charge in [-0.3, -0.25) is 4.79 Å². The summed E-state index contributed by atoms with van der Waals surface area (Å²) in [5, 5.41) is 2.97. The molecule has 0 aliphatic carbocycles. The second-order valence-corrected chi connectivity index (χ2v) is 5.06. The Morgan fingerprint density at radius 2 is 2.21 bits per heavy atom. The van der Waals surface area contributed by atoms with E-state index in [-0.39, 0.29) is 11.9 Å². The molecule has 0 saturated carbocycles. The molecule has 4 heteroatoms. The van der Waals surface area contributed by atoms with Crippen LogP contribution in [0.2, 0.25) is 0 Å². The molecule has 1 aromatic carbocycles. The quantitative estimate of drug-likeness (QED) is 0.822. The van der Waals surface area contributed by atoms with Crippen molar-refractivity contribution in [3.63, 3.8) is 0 Å². The van der Waals surface area contributed by atoms with Crippen molar-refractivity contribution < 1.29 is 9.21 Å². The molecule has 0 aliphatic rings. The van der Waals surface area contributed by atoms with E-state index in [9.17, 15) is 4.79 Å². The summed E-state index contributed by atoms with van der Waals surface area (Å²) >= 11 is 4.23. The van der Waals surface area contributed by atoms with Crippen molar-refractivity contribution in [2.45, 2.75) is 30.7 Å². The Labute approximate surface area is 118 Å². The van der Waals surface area contributed by atoms with E-state index in [0.717, 1.165) is 23.5 Å². The molecule has 2 aromatic rings. The van der Waals surface area contributed by atoms with Gasteiger partial charge < -0.3 is 9.73 Å². The van der Waals surface area contributed by atoms with Gasteiger partial charge in [0, 0.05) is 22.9 Å². The molecule has 0 bridgehead atoms. The highest BCUT2D eigenvalue weighted by Gasteiger charge is 2.10. The molecule has 100 valence electrons. The van der Waals surface area contributed by atoms with Crippen LogP contribution in [0.25, 0.3) is 0 Å². The van der Waals surface area contributed by atoms with Crippen LogP contribution in [0.1, 0.15) is 29.5 Å². The molecular formula is C15H17NO2S. The smallest absolute Gasteiger partial charge is 0.251 e. The second-order valence-electron chi connectivity index (χ2n) is 4.54. The summed E-state index contributed by atoms with van der Waals surface area (Å²) in [5.74, 6) is 0.876. The molecule has 1 amide bonds. The normalized spacial score (nSPS) is 12.1. The first kappa shape index (κ1) is 13.7. The van der Waals surface area contributed by atoms with Gasteiger partial charge >= 0.3 is 0 Å². The first-order valence-electron chi connectivity index (χ1n) is 6.27. The van der Waals surface area contributed by atoms with Crippen LogP contribution in [0.3, 0.4) is 0 Å². The van der Waals surface area contributed by atoms with Crippen molar-refractivity contribution in [1.82, 2.24) is 5.32 Å². The number of hydrogen-bond acceptors (Lipinski definition) is 3. The molecule has 1 aromatic heterocycles. The van der Waals surface area contributed by atoms with E-state index in [0.29, 0.717) is 5.56 Å². The van der Waals surface area contributed by atoms with Gasteiger partial charge in [-0.15, -0.1) is 12.6 Å². The van der Waals surface area contributed by atoms with Gasteiger partial charge in [0.05, 0.1) is 6.26 Å². The van der Waals surface area contributed by atoms with E-state index in [2.05, 4.69) is 17.9 Å². The van der Waals surface area contributed by atoms with Crippen LogP contribution in [-0.2, 0) is 6.42 Å². The van der Waals surface area contributed by atoms with E-state index in [1.807, 2.05) is 31.2 Å². The molecule has 19 heavy (non-hydrogen) atoms. The van der Waals surface area contributed by atoms with Crippen molar-refractivity contribution in [3.05, 3.63) is 54.0 Å². The zero-order valence-electron chi connectivity index (χ0n) is 10.8. The Morgan fingerprint density at radius 3 is 2.89 bits per heavy atom. The number of carbonyl (C=O) groups excluding carboxylic acids is 1. The molecule has 1 atom stereocenters. The number of rotatable bonds is 5. The van der Waals surface area contributed by atoms with E-state index in [1.54, 1.807) is 18.4 Å². The Morgan fingerprint density at radius 1 is 1.37 bits per heavy atom. The minimum atomic E-state index is -0.0668. The van der Waals surface area contributed by atoms with E-state index in [1.165, 1.54) is 0 Å². The third-order valence-electron chi connectivity index (χ3n) is 2.89. The number of carbonyl (C=O) groups is 1. The maximum absolute atomic E-state index is 12.0. The Kier molecular flexibility index (Phi) is 4.68. The first-order valence-corrected chi connectivity index (χ1v) is 6.72. The molecule has 0 radical (unpaired) electrons. The number of thiol groups is 1. The number of amides is 1. The lowest BCUT2D eigenvalue weighted by Crippen LogP contribution is -2.32. The predicted octanol–water partition coefficient (Wildman–Crippen LogP) is 3.32. The Bertz CT molecular complexity index is 537. The van der Waals surface area contributed by atoms with Crippen LogP contribution in [0, 0.1) is 0 Å². The van der Waals surface area contributed by atoms with Gasteiger partial charge in [0.15, 0.2) is 0 Å². The van der Waals surface area contributed by atoms with E-state index >= 15 is 0 Å². The highest BCUT2D eigenvalue weighted by Crippen LogP contribution is 2.10. The predicted molar refractivity (Wildman–Crippen MR) is 77.7 cm³/mol. The van der Waals surface area contributed by atoms with Gasteiger partial charge in [-0.25, -0.2) is 0 Å². The lowest BCUT2D eigenvalue weighted by molar-refractivity contribution is 0.0938. The van der Waals surface area contributed by atoms with Crippen LogP contribution in [0.15, 0.2) is 52.0 Å². The zero-order valence-corrected chi connectivity index (χ0v) is 11.7. The first-order chi connectivity index (χ1) is 9.15. The van der Waals surface area contributed by atoms with Crippen molar-refractivity contribution in [1.29, 1.82) is 0 Å². The van der Waals surface area contributed by atoms with Gasteiger partial charge in [-0.2, -0.15) is 0 Å². The van der Waals surface area contributed by atoms with Gasteiger partial charge in [0.25, 0.3) is 5.91 Å². The molecule has 2 rings (SSSR count). The summed E-state index contributed by atoms with van der Waals surface area (Å²) in [6.07, 6.45) is 3.33. The topological polar surface area (TPSA) is 42.2 Å². The van der Waals surface area contributed by atoms with Crippen molar-refractivity contribution in [2.75, 3.05) is 0 Å². The summed E-state index contributed by atoms with van der Waals surface area (Å²) in [6.45, 7) is 1.99. The average Bonchev–Trinajstić information content (AvgIpc) is 2.89. The molecule has 1 N–H and O–H groups in total. The lowest BCUT2D eigenvalue weighted by Gasteiger charge is -2.13. The molecule has 0 spiro atoms. The molecular weight excluding hydrogens is 258 g/mol. The number of aryl methyl sites for hydroxylation is 1.